The highest BCUT2D eigenvalue weighted by molar-refractivity contribution is 5.74. The molecule has 0 atom stereocenters. The number of nitrogens with one attached hydrogen (secondary N) is 1. The van der Waals surface area contributed by atoms with Crippen LogP contribution in [0.1, 0.15) is 30.3 Å². The van der Waals surface area contributed by atoms with Crippen molar-refractivity contribution in [2.24, 2.45) is 0 Å². The van der Waals surface area contributed by atoms with Crippen molar-refractivity contribution in [1.82, 2.24) is 25.0 Å². The highest BCUT2D eigenvalue weighted by atomic mass is 16.3. The molecule has 0 unspecified atom stereocenters. The Morgan fingerprint density at radius 1 is 1.33 bits per heavy atom. The first-order valence-corrected chi connectivity index (χ1v) is 8.17. The van der Waals surface area contributed by atoms with Crippen molar-refractivity contribution < 1.29 is 9.90 Å². The molecule has 0 saturated carbocycles. The van der Waals surface area contributed by atoms with Gasteiger partial charge in [0, 0.05) is 31.5 Å². The van der Waals surface area contributed by atoms with Gasteiger partial charge in [-0.25, -0.2) is 14.5 Å². The van der Waals surface area contributed by atoms with E-state index in [0.29, 0.717) is 19.6 Å². The summed E-state index contributed by atoms with van der Waals surface area (Å²) in [7, 11) is 0. The number of urea groups is 1. The first kappa shape index (κ1) is 17.9. The zero-order valence-corrected chi connectivity index (χ0v) is 14.5. The van der Waals surface area contributed by atoms with Crippen molar-refractivity contribution in [3.8, 4) is 5.82 Å². The Hall–Kier alpha value is -2.41. The number of aliphatic hydroxyl groups is 1. The van der Waals surface area contributed by atoms with Gasteiger partial charge in [-0.2, -0.15) is 5.10 Å². The number of aliphatic hydroxyl groups excluding tert-OH is 1. The number of pyridine rings is 1. The van der Waals surface area contributed by atoms with E-state index in [1.807, 2.05) is 39.0 Å². The van der Waals surface area contributed by atoms with Gasteiger partial charge in [-0.3, -0.25) is 0 Å². The van der Waals surface area contributed by atoms with E-state index in [0.717, 1.165) is 29.2 Å². The maximum absolute atomic E-state index is 12.1. The predicted molar refractivity (Wildman–Crippen MR) is 92.0 cm³/mol. The number of rotatable bonds is 7. The van der Waals surface area contributed by atoms with Crippen molar-refractivity contribution in [1.29, 1.82) is 0 Å². The molecule has 2 aromatic rings. The predicted octanol–water partition coefficient (Wildman–Crippen LogP) is 1.80. The molecule has 2 rings (SSSR count). The second-order valence-electron chi connectivity index (χ2n) is 5.73. The second kappa shape index (κ2) is 8.44. The number of aryl methyl sites for hydroxylation is 2. The molecule has 0 fully saturated rings. The molecule has 7 heteroatoms. The van der Waals surface area contributed by atoms with Crippen LogP contribution in [-0.2, 0) is 6.54 Å². The SMILES string of the molecule is CCCN(CCO)C(=O)NCc1ccc(-n2nc(C)cc2C)nc1. The number of hydrogen-bond donors (Lipinski definition) is 2. The lowest BCUT2D eigenvalue weighted by Crippen LogP contribution is -2.41. The average molecular weight is 331 g/mol. The molecule has 0 saturated heterocycles. The average Bonchev–Trinajstić information content (AvgIpc) is 2.91. The summed E-state index contributed by atoms with van der Waals surface area (Å²) in [4.78, 5) is 18.1. The Bertz CT molecular complexity index is 660. The highest BCUT2D eigenvalue weighted by Gasteiger charge is 2.11. The first-order valence-electron chi connectivity index (χ1n) is 8.17. The number of nitrogens with zero attached hydrogens (tertiary/aromatic N) is 4. The molecule has 2 amide bonds. The van der Waals surface area contributed by atoms with Gasteiger partial charge in [0.2, 0.25) is 0 Å². The molecule has 0 aliphatic rings. The van der Waals surface area contributed by atoms with Crippen LogP contribution in [0.25, 0.3) is 5.82 Å². The minimum Gasteiger partial charge on any atom is -0.395 e. The molecule has 0 aliphatic carbocycles. The van der Waals surface area contributed by atoms with Crippen molar-refractivity contribution >= 4 is 6.03 Å². The monoisotopic (exact) mass is 331 g/mol. The van der Waals surface area contributed by atoms with Gasteiger partial charge in [0.15, 0.2) is 5.82 Å². The summed E-state index contributed by atoms with van der Waals surface area (Å²) in [5.41, 5.74) is 2.89. The van der Waals surface area contributed by atoms with E-state index in [1.54, 1.807) is 15.8 Å². The van der Waals surface area contributed by atoms with Crippen LogP contribution in [0.3, 0.4) is 0 Å². The Morgan fingerprint density at radius 2 is 2.12 bits per heavy atom. The van der Waals surface area contributed by atoms with Gasteiger partial charge in [-0.1, -0.05) is 13.0 Å². The van der Waals surface area contributed by atoms with Gasteiger partial charge in [0.05, 0.1) is 12.3 Å². The normalized spacial score (nSPS) is 10.7. The van der Waals surface area contributed by atoms with Crippen LogP contribution in [0.5, 0.6) is 0 Å². The van der Waals surface area contributed by atoms with Crippen molar-refractivity contribution in [3.05, 3.63) is 41.3 Å². The Balaban J connectivity index is 1.96. The van der Waals surface area contributed by atoms with Gasteiger partial charge in [0.1, 0.15) is 0 Å². The third kappa shape index (κ3) is 4.55. The van der Waals surface area contributed by atoms with Crippen LogP contribution < -0.4 is 5.32 Å². The summed E-state index contributed by atoms with van der Waals surface area (Å²) >= 11 is 0. The fourth-order valence-electron chi connectivity index (χ4n) is 2.50. The third-order valence-electron chi connectivity index (χ3n) is 3.63. The lowest BCUT2D eigenvalue weighted by Gasteiger charge is -2.21. The molecule has 7 nitrogen and oxygen atoms in total. The molecule has 0 radical (unpaired) electrons. The first-order chi connectivity index (χ1) is 11.5. The van der Waals surface area contributed by atoms with Crippen LogP contribution >= 0.6 is 0 Å². The number of amides is 2. The summed E-state index contributed by atoms with van der Waals surface area (Å²) in [5, 5.41) is 16.3. The van der Waals surface area contributed by atoms with Gasteiger partial charge < -0.3 is 15.3 Å². The fourth-order valence-corrected chi connectivity index (χ4v) is 2.50. The number of carbonyl (C=O) groups excluding carboxylic acids is 1. The molecular formula is C17H25N5O2. The standard InChI is InChI=1S/C17H25N5O2/c1-4-7-21(8-9-23)17(24)19-12-15-5-6-16(18-11-15)22-14(3)10-13(2)20-22/h5-6,10-11,23H,4,7-9,12H2,1-3H3,(H,19,24). The van der Waals surface area contributed by atoms with E-state index in [4.69, 9.17) is 5.11 Å². The molecule has 2 N–H and O–H groups in total. The fraction of sp³-hybridized carbons (Fsp3) is 0.471. The van der Waals surface area contributed by atoms with E-state index >= 15 is 0 Å². The molecule has 2 heterocycles. The van der Waals surface area contributed by atoms with Crippen LogP contribution in [-0.4, -0.2) is 50.5 Å². The minimum absolute atomic E-state index is 0.0354. The molecule has 0 aliphatic heterocycles. The zero-order chi connectivity index (χ0) is 17.5. The lowest BCUT2D eigenvalue weighted by molar-refractivity contribution is 0.177. The number of aromatic nitrogens is 3. The lowest BCUT2D eigenvalue weighted by atomic mass is 10.3. The maximum atomic E-state index is 12.1. The van der Waals surface area contributed by atoms with Crippen LogP contribution in [0, 0.1) is 13.8 Å². The third-order valence-corrected chi connectivity index (χ3v) is 3.63. The Kier molecular flexibility index (Phi) is 6.31. The minimum atomic E-state index is -0.173. The van der Waals surface area contributed by atoms with Crippen LogP contribution in [0.2, 0.25) is 0 Å². The largest absolute Gasteiger partial charge is 0.395 e. The molecule has 2 aromatic heterocycles. The van der Waals surface area contributed by atoms with Gasteiger partial charge in [-0.15, -0.1) is 0 Å². The number of carbonyl (C=O) groups is 1. The summed E-state index contributed by atoms with van der Waals surface area (Å²) in [6.45, 7) is 7.26. The smallest absolute Gasteiger partial charge is 0.317 e. The second-order valence-corrected chi connectivity index (χ2v) is 5.73. The quantitative estimate of drug-likeness (QED) is 0.810. The van der Waals surface area contributed by atoms with Crippen LogP contribution in [0.4, 0.5) is 4.79 Å². The van der Waals surface area contributed by atoms with Crippen molar-refractivity contribution in [3.63, 3.8) is 0 Å². The summed E-state index contributed by atoms with van der Waals surface area (Å²) in [6.07, 6.45) is 2.59. The highest BCUT2D eigenvalue weighted by Crippen LogP contribution is 2.10. The summed E-state index contributed by atoms with van der Waals surface area (Å²) in [6, 6.07) is 5.64. The Morgan fingerprint density at radius 3 is 2.67 bits per heavy atom. The molecular weight excluding hydrogens is 306 g/mol. The molecule has 0 spiro atoms. The van der Waals surface area contributed by atoms with E-state index < -0.39 is 0 Å². The van der Waals surface area contributed by atoms with E-state index in [-0.39, 0.29) is 12.6 Å². The van der Waals surface area contributed by atoms with Gasteiger partial charge >= 0.3 is 6.03 Å². The molecule has 24 heavy (non-hydrogen) atoms. The maximum Gasteiger partial charge on any atom is 0.317 e. The Labute approximate surface area is 142 Å². The topological polar surface area (TPSA) is 83.3 Å². The van der Waals surface area contributed by atoms with Crippen molar-refractivity contribution in [2.45, 2.75) is 33.7 Å². The van der Waals surface area contributed by atoms with E-state index in [9.17, 15) is 4.79 Å². The zero-order valence-electron chi connectivity index (χ0n) is 14.5. The molecule has 130 valence electrons. The summed E-state index contributed by atoms with van der Waals surface area (Å²) < 4.78 is 1.79. The van der Waals surface area contributed by atoms with Crippen molar-refractivity contribution in [2.75, 3.05) is 19.7 Å². The summed E-state index contributed by atoms with van der Waals surface area (Å²) in [5.74, 6) is 0.753. The van der Waals surface area contributed by atoms with E-state index in [1.165, 1.54) is 0 Å². The van der Waals surface area contributed by atoms with Gasteiger partial charge in [-0.05, 0) is 38.0 Å². The molecule has 0 aromatic carbocycles. The number of hydrogen-bond acceptors (Lipinski definition) is 4. The van der Waals surface area contributed by atoms with E-state index in [2.05, 4.69) is 15.4 Å². The van der Waals surface area contributed by atoms with Crippen LogP contribution in [0.15, 0.2) is 24.4 Å². The van der Waals surface area contributed by atoms with Gasteiger partial charge in [0.25, 0.3) is 0 Å². The molecule has 0 bridgehead atoms.